The van der Waals surface area contributed by atoms with E-state index in [1.165, 1.54) is 0 Å². The monoisotopic (exact) mass is 396 g/mol. The smallest absolute Gasteiger partial charge is 0.276 e. The van der Waals surface area contributed by atoms with Crippen molar-refractivity contribution in [1.29, 1.82) is 0 Å². The van der Waals surface area contributed by atoms with Gasteiger partial charge < -0.3 is 9.47 Å². The molecule has 0 fully saturated rings. The van der Waals surface area contributed by atoms with Crippen LogP contribution in [0.3, 0.4) is 0 Å². The normalized spacial score (nSPS) is 14.9. The number of benzene rings is 2. The Kier molecular flexibility index (Phi) is 6.16. The summed E-state index contributed by atoms with van der Waals surface area (Å²) in [4.78, 5) is 36.1. The molecule has 0 heterocycles. The van der Waals surface area contributed by atoms with E-state index in [1.807, 2.05) is 45.0 Å². The first-order valence-electron chi connectivity index (χ1n) is 9.41. The molecular formula is C22H24N2O5. The molecule has 1 aliphatic rings. The van der Waals surface area contributed by atoms with Crippen LogP contribution in [-0.2, 0) is 9.59 Å². The Balaban J connectivity index is 1.47. The minimum atomic E-state index is -0.540. The lowest BCUT2D eigenvalue weighted by Crippen LogP contribution is -2.45. The van der Waals surface area contributed by atoms with E-state index >= 15 is 0 Å². The highest BCUT2D eigenvalue weighted by molar-refractivity contribution is 6.04. The molecule has 0 aliphatic heterocycles. The molecule has 7 heteroatoms. The van der Waals surface area contributed by atoms with E-state index in [4.69, 9.17) is 9.47 Å². The summed E-state index contributed by atoms with van der Waals surface area (Å²) < 4.78 is 10.9. The predicted molar refractivity (Wildman–Crippen MR) is 107 cm³/mol. The highest BCUT2D eigenvalue weighted by atomic mass is 16.5. The second-order valence-corrected chi connectivity index (χ2v) is 7.19. The van der Waals surface area contributed by atoms with Crippen molar-refractivity contribution < 1.29 is 23.9 Å². The zero-order valence-corrected chi connectivity index (χ0v) is 16.7. The molecule has 2 aromatic rings. The van der Waals surface area contributed by atoms with Crippen molar-refractivity contribution in [2.24, 2.45) is 0 Å². The number of hydrogen-bond acceptors (Lipinski definition) is 5. The number of ketones is 1. The summed E-state index contributed by atoms with van der Waals surface area (Å²) in [6, 6.07) is 10.9. The summed E-state index contributed by atoms with van der Waals surface area (Å²) in [7, 11) is 0. The molecule has 152 valence electrons. The van der Waals surface area contributed by atoms with E-state index in [1.54, 1.807) is 12.1 Å². The van der Waals surface area contributed by atoms with Crippen molar-refractivity contribution in [1.82, 2.24) is 10.9 Å². The fourth-order valence-corrected chi connectivity index (χ4v) is 3.44. The molecule has 29 heavy (non-hydrogen) atoms. The van der Waals surface area contributed by atoms with Gasteiger partial charge in [-0.3, -0.25) is 25.2 Å². The maximum absolute atomic E-state index is 12.3. The third kappa shape index (κ3) is 4.93. The van der Waals surface area contributed by atoms with Gasteiger partial charge in [-0.1, -0.05) is 25.1 Å². The summed E-state index contributed by atoms with van der Waals surface area (Å²) in [6.07, 6.45) is 0.444. The number of nitrogens with one attached hydrogen (secondary N) is 2. The number of rotatable bonds is 6. The molecule has 0 bridgehead atoms. The number of aryl methyl sites for hydroxylation is 2. The molecule has 0 radical (unpaired) electrons. The molecule has 7 nitrogen and oxygen atoms in total. The first kappa shape index (κ1) is 20.4. The van der Waals surface area contributed by atoms with Crippen LogP contribution in [-0.4, -0.2) is 30.8 Å². The van der Waals surface area contributed by atoms with Crippen molar-refractivity contribution in [3.63, 3.8) is 0 Å². The number of carbonyl (C=O) groups is 3. The Morgan fingerprint density at radius 2 is 1.72 bits per heavy atom. The van der Waals surface area contributed by atoms with Gasteiger partial charge in [-0.05, 0) is 54.7 Å². The van der Waals surface area contributed by atoms with Crippen LogP contribution in [0.5, 0.6) is 11.5 Å². The number of Topliss-reactive ketones (excluding diaryl/α,β-unsaturated/α-hetero) is 1. The SMILES string of the molecule is Cc1cccc(OCC(=O)NNC(=O)COc2ccc(C)c3c2C(=O)CC3C)c1. The lowest BCUT2D eigenvalue weighted by Gasteiger charge is -2.13. The zero-order valence-electron chi connectivity index (χ0n) is 16.7. The van der Waals surface area contributed by atoms with Crippen LogP contribution >= 0.6 is 0 Å². The Morgan fingerprint density at radius 1 is 1.03 bits per heavy atom. The average Bonchev–Trinajstić information content (AvgIpc) is 2.99. The van der Waals surface area contributed by atoms with E-state index in [9.17, 15) is 14.4 Å². The second kappa shape index (κ2) is 8.77. The summed E-state index contributed by atoms with van der Waals surface area (Å²) in [5.41, 5.74) is 8.13. The third-order valence-corrected chi connectivity index (χ3v) is 4.75. The Hall–Kier alpha value is -3.35. The summed E-state index contributed by atoms with van der Waals surface area (Å²) in [5, 5.41) is 0. The van der Waals surface area contributed by atoms with Gasteiger partial charge in [0.15, 0.2) is 19.0 Å². The quantitative estimate of drug-likeness (QED) is 0.732. The topological polar surface area (TPSA) is 93.7 Å². The van der Waals surface area contributed by atoms with E-state index in [0.717, 1.165) is 16.7 Å². The van der Waals surface area contributed by atoms with Crippen LogP contribution in [0.1, 0.15) is 46.3 Å². The molecule has 0 saturated heterocycles. The fraction of sp³-hybridized carbons (Fsp3) is 0.318. The Bertz CT molecular complexity index is 954. The molecular weight excluding hydrogens is 372 g/mol. The molecule has 0 aromatic heterocycles. The van der Waals surface area contributed by atoms with Crippen LogP contribution in [0.25, 0.3) is 0 Å². The van der Waals surface area contributed by atoms with E-state index < -0.39 is 11.8 Å². The van der Waals surface area contributed by atoms with Gasteiger partial charge in [0, 0.05) is 6.42 Å². The highest BCUT2D eigenvalue weighted by Crippen LogP contribution is 2.40. The molecule has 0 saturated carbocycles. The predicted octanol–water partition coefficient (Wildman–Crippen LogP) is 2.60. The number of hydrogen-bond donors (Lipinski definition) is 2. The van der Waals surface area contributed by atoms with Gasteiger partial charge in [-0.15, -0.1) is 0 Å². The van der Waals surface area contributed by atoms with Crippen LogP contribution in [0.15, 0.2) is 36.4 Å². The van der Waals surface area contributed by atoms with E-state index in [-0.39, 0.29) is 24.9 Å². The Morgan fingerprint density at radius 3 is 2.41 bits per heavy atom. The van der Waals surface area contributed by atoms with Gasteiger partial charge in [-0.2, -0.15) is 0 Å². The van der Waals surface area contributed by atoms with E-state index in [2.05, 4.69) is 10.9 Å². The van der Waals surface area contributed by atoms with Gasteiger partial charge in [0.25, 0.3) is 11.8 Å². The van der Waals surface area contributed by atoms with Crippen molar-refractivity contribution in [2.45, 2.75) is 33.1 Å². The third-order valence-electron chi connectivity index (χ3n) is 4.75. The lowest BCUT2D eigenvalue weighted by atomic mass is 9.97. The van der Waals surface area contributed by atoms with Gasteiger partial charge in [0.1, 0.15) is 11.5 Å². The fourth-order valence-electron chi connectivity index (χ4n) is 3.44. The van der Waals surface area contributed by atoms with Crippen molar-refractivity contribution in [2.75, 3.05) is 13.2 Å². The first-order chi connectivity index (χ1) is 13.8. The van der Waals surface area contributed by atoms with Crippen LogP contribution in [0, 0.1) is 13.8 Å². The van der Waals surface area contributed by atoms with Gasteiger partial charge in [0.05, 0.1) is 5.56 Å². The molecule has 1 aliphatic carbocycles. The molecule has 1 atom stereocenters. The molecule has 0 spiro atoms. The lowest BCUT2D eigenvalue weighted by molar-refractivity contribution is -0.131. The summed E-state index contributed by atoms with van der Waals surface area (Å²) in [6.45, 7) is 5.32. The van der Waals surface area contributed by atoms with Gasteiger partial charge in [0.2, 0.25) is 0 Å². The maximum atomic E-state index is 12.3. The molecule has 2 N–H and O–H groups in total. The zero-order chi connectivity index (χ0) is 21.0. The average molecular weight is 396 g/mol. The Labute approximate surface area is 169 Å². The minimum absolute atomic E-state index is 0.0215. The van der Waals surface area contributed by atoms with Gasteiger partial charge >= 0.3 is 0 Å². The number of fused-ring (bicyclic) bond motifs is 1. The highest BCUT2D eigenvalue weighted by Gasteiger charge is 2.31. The summed E-state index contributed by atoms with van der Waals surface area (Å²) >= 11 is 0. The van der Waals surface area contributed by atoms with Crippen LogP contribution in [0.4, 0.5) is 0 Å². The van der Waals surface area contributed by atoms with Crippen molar-refractivity contribution in [3.8, 4) is 11.5 Å². The maximum Gasteiger partial charge on any atom is 0.276 e. The van der Waals surface area contributed by atoms with Crippen molar-refractivity contribution in [3.05, 3.63) is 58.7 Å². The summed E-state index contributed by atoms with van der Waals surface area (Å²) in [5.74, 6) is 0.0868. The molecule has 2 amide bonds. The van der Waals surface area contributed by atoms with Crippen LogP contribution < -0.4 is 20.3 Å². The first-order valence-corrected chi connectivity index (χ1v) is 9.41. The second-order valence-electron chi connectivity index (χ2n) is 7.19. The van der Waals surface area contributed by atoms with Gasteiger partial charge in [-0.25, -0.2) is 0 Å². The largest absolute Gasteiger partial charge is 0.484 e. The van der Waals surface area contributed by atoms with Crippen LogP contribution in [0.2, 0.25) is 0 Å². The molecule has 3 rings (SSSR count). The standard InChI is InChI=1S/C22H24N2O5/c1-13-5-4-6-16(9-13)28-11-19(26)23-24-20(27)12-29-18-8-7-14(2)21-15(3)10-17(25)22(18)21/h4-9,15H,10-12H2,1-3H3,(H,23,26)(H,24,27). The number of amides is 2. The molecule has 1 unspecified atom stereocenters. The minimum Gasteiger partial charge on any atom is -0.484 e. The number of carbonyl (C=O) groups excluding carboxylic acids is 3. The number of hydrazine groups is 1. The number of ether oxygens (including phenoxy) is 2. The van der Waals surface area contributed by atoms with Crippen molar-refractivity contribution >= 4 is 17.6 Å². The molecule has 2 aromatic carbocycles. The van der Waals surface area contributed by atoms with E-state index in [0.29, 0.717) is 23.5 Å².